The molecule has 39 heavy (non-hydrogen) atoms. The number of nitrogens with zero attached hydrogens (tertiary/aromatic N) is 5. The van der Waals surface area contributed by atoms with E-state index in [2.05, 4.69) is 15.3 Å². The third kappa shape index (κ3) is 5.69. The Morgan fingerprint density at radius 2 is 1.92 bits per heavy atom. The van der Waals surface area contributed by atoms with Gasteiger partial charge < -0.3 is 9.47 Å². The molecule has 1 fully saturated rings. The first-order chi connectivity index (χ1) is 18.8. The maximum Gasteiger partial charge on any atom is 0.413 e. The van der Waals surface area contributed by atoms with Crippen LogP contribution in [0.2, 0.25) is 0 Å². The lowest BCUT2D eigenvalue weighted by molar-refractivity contribution is 0.102. The maximum absolute atomic E-state index is 14.1. The second-order valence-corrected chi connectivity index (χ2v) is 9.57. The van der Waals surface area contributed by atoms with Crippen LogP contribution < -0.4 is 5.32 Å². The Hall–Kier alpha value is -4.09. The highest BCUT2D eigenvalue weighted by atomic mass is 19.2. The Kier molecular flexibility index (Phi) is 7.71. The van der Waals surface area contributed by atoms with Gasteiger partial charge in [0.1, 0.15) is 17.6 Å². The molecule has 5 rings (SSSR count). The van der Waals surface area contributed by atoms with Crippen molar-refractivity contribution in [3.63, 3.8) is 0 Å². The summed E-state index contributed by atoms with van der Waals surface area (Å²) >= 11 is 0. The van der Waals surface area contributed by atoms with Crippen molar-refractivity contribution in [2.24, 2.45) is 7.05 Å². The van der Waals surface area contributed by atoms with E-state index in [4.69, 9.17) is 14.6 Å². The molecule has 1 aliphatic heterocycles. The van der Waals surface area contributed by atoms with E-state index in [-0.39, 0.29) is 5.92 Å². The van der Waals surface area contributed by atoms with Crippen molar-refractivity contribution in [2.45, 2.75) is 18.9 Å². The van der Waals surface area contributed by atoms with E-state index < -0.39 is 23.8 Å². The van der Waals surface area contributed by atoms with E-state index in [0.29, 0.717) is 43.3 Å². The van der Waals surface area contributed by atoms with Crippen molar-refractivity contribution in [3.05, 3.63) is 83.7 Å². The van der Waals surface area contributed by atoms with Gasteiger partial charge in [0, 0.05) is 57.0 Å². The number of rotatable bonds is 8. The second-order valence-electron chi connectivity index (χ2n) is 9.57. The number of para-hydroxylation sites is 1. The highest BCUT2D eigenvalue weighted by Crippen LogP contribution is 2.33. The summed E-state index contributed by atoms with van der Waals surface area (Å²) < 4.78 is 42.1. The number of amides is 1. The molecule has 204 valence electrons. The van der Waals surface area contributed by atoms with Crippen LogP contribution in [0.4, 0.5) is 19.4 Å². The van der Waals surface area contributed by atoms with Gasteiger partial charge in [-0.15, -0.1) is 0 Å². The Balaban J connectivity index is 1.42. The Morgan fingerprint density at radius 3 is 2.62 bits per heavy atom. The zero-order valence-electron chi connectivity index (χ0n) is 22.0. The molecule has 2 aromatic heterocycles. The summed E-state index contributed by atoms with van der Waals surface area (Å²) in [5, 5.41) is 11.9. The number of carbonyl (C=O) groups is 1. The van der Waals surface area contributed by atoms with Gasteiger partial charge in [-0.2, -0.15) is 10.2 Å². The van der Waals surface area contributed by atoms with Crippen LogP contribution >= 0.6 is 0 Å². The van der Waals surface area contributed by atoms with Gasteiger partial charge in [-0.1, -0.05) is 24.3 Å². The minimum absolute atomic E-state index is 0.339. The molecule has 0 radical (unpaired) electrons. The molecule has 4 aromatic rings. The zero-order valence-corrected chi connectivity index (χ0v) is 22.0. The molecular weight excluding hydrogens is 506 g/mol. The highest BCUT2D eigenvalue weighted by Gasteiger charge is 2.37. The van der Waals surface area contributed by atoms with Crippen LogP contribution in [0.1, 0.15) is 17.0 Å². The molecule has 1 aliphatic rings. The number of ether oxygens (including phenoxy) is 2. The quantitative estimate of drug-likeness (QED) is 0.356. The van der Waals surface area contributed by atoms with Crippen LogP contribution in [0, 0.1) is 18.6 Å². The Labute approximate surface area is 224 Å². The summed E-state index contributed by atoms with van der Waals surface area (Å²) in [5.41, 5.74) is 3.56. The first kappa shape index (κ1) is 26.5. The molecule has 1 unspecified atom stereocenters. The lowest BCUT2D eigenvalue weighted by Gasteiger charge is -2.20. The van der Waals surface area contributed by atoms with Crippen LogP contribution in [0.3, 0.4) is 0 Å². The van der Waals surface area contributed by atoms with Gasteiger partial charge in [0.05, 0.1) is 18.5 Å². The SMILES string of the molecule is COCCN1CC(c2ccc(F)c(F)c2)[C@H](OC(=O)Nc2c(C)c(-c3cnn(C)c3)nn2-c2ccccc2)C1. The molecule has 1 N–H and O–H groups in total. The Morgan fingerprint density at radius 1 is 1.13 bits per heavy atom. The van der Waals surface area contributed by atoms with E-state index in [9.17, 15) is 13.6 Å². The topological polar surface area (TPSA) is 86.4 Å². The van der Waals surface area contributed by atoms with Gasteiger partial charge in [0.2, 0.25) is 0 Å². The van der Waals surface area contributed by atoms with Crippen LogP contribution in [0.25, 0.3) is 16.9 Å². The number of methoxy groups -OCH3 is 1. The number of hydrogen-bond acceptors (Lipinski definition) is 6. The summed E-state index contributed by atoms with van der Waals surface area (Å²) in [6.07, 6.45) is 2.32. The fourth-order valence-electron chi connectivity index (χ4n) is 4.92. The first-order valence-electron chi connectivity index (χ1n) is 12.6. The Bertz CT molecular complexity index is 1460. The molecule has 2 aromatic carbocycles. The number of likely N-dealkylation sites (tertiary alicyclic amines) is 1. The number of halogens is 2. The number of hydrogen-bond donors (Lipinski definition) is 1. The van der Waals surface area contributed by atoms with Crippen LogP contribution in [0.5, 0.6) is 0 Å². The molecular formula is C28H30F2N6O3. The molecule has 1 saturated heterocycles. The third-order valence-electron chi connectivity index (χ3n) is 6.91. The van der Waals surface area contributed by atoms with Gasteiger partial charge >= 0.3 is 6.09 Å². The number of carbonyl (C=O) groups excluding carboxylic acids is 1. The predicted octanol–water partition coefficient (Wildman–Crippen LogP) is 4.52. The molecule has 11 heteroatoms. The van der Waals surface area contributed by atoms with E-state index in [1.54, 1.807) is 22.7 Å². The summed E-state index contributed by atoms with van der Waals surface area (Å²) in [6, 6.07) is 13.3. The number of aryl methyl sites for hydroxylation is 1. The van der Waals surface area contributed by atoms with Gasteiger partial charge in [-0.25, -0.2) is 18.3 Å². The average molecular weight is 537 g/mol. The monoisotopic (exact) mass is 536 g/mol. The van der Waals surface area contributed by atoms with Crippen LogP contribution in [0.15, 0.2) is 60.9 Å². The van der Waals surface area contributed by atoms with Crippen LogP contribution in [-0.2, 0) is 16.5 Å². The zero-order chi connectivity index (χ0) is 27.5. The number of aromatic nitrogens is 4. The number of benzene rings is 2. The predicted molar refractivity (Wildman–Crippen MR) is 142 cm³/mol. The van der Waals surface area contributed by atoms with Crippen molar-refractivity contribution in [3.8, 4) is 16.9 Å². The van der Waals surface area contributed by atoms with Crippen molar-refractivity contribution >= 4 is 11.9 Å². The van der Waals surface area contributed by atoms with E-state index in [1.165, 1.54) is 12.1 Å². The highest BCUT2D eigenvalue weighted by molar-refractivity contribution is 5.87. The van der Waals surface area contributed by atoms with Crippen molar-refractivity contribution in [1.29, 1.82) is 0 Å². The van der Waals surface area contributed by atoms with E-state index in [1.807, 2.05) is 50.5 Å². The van der Waals surface area contributed by atoms with Crippen molar-refractivity contribution < 1.29 is 23.0 Å². The summed E-state index contributed by atoms with van der Waals surface area (Å²) in [6.45, 7) is 3.93. The van der Waals surface area contributed by atoms with Gasteiger partial charge in [0.25, 0.3) is 0 Å². The van der Waals surface area contributed by atoms with Gasteiger partial charge in [-0.05, 0) is 36.8 Å². The molecule has 1 amide bonds. The number of anilines is 1. The lowest BCUT2D eigenvalue weighted by Crippen LogP contribution is -2.30. The molecule has 0 bridgehead atoms. The summed E-state index contributed by atoms with van der Waals surface area (Å²) in [4.78, 5) is 15.4. The first-order valence-corrected chi connectivity index (χ1v) is 12.6. The average Bonchev–Trinajstić information content (AvgIpc) is 3.62. The minimum atomic E-state index is -0.934. The van der Waals surface area contributed by atoms with Gasteiger partial charge in [0.15, 0.2) is 11.6 Å². The molecule has 0 saturated carbocycles. The van der Waals surface area contributed by atoms with Gasteiger partial charge in [-0.3, -0.25) is 14.9 Å². The fourth-order valence-corrected chi connectivity index (χ4v) is 4.92. The normalized spacial score (nSPS) is 17.5. The van der Waals surface area contributed by atoms with Crippen LogP contribution in [-0.4, -0.2) is 70.0 Å². The molecule has 0 aliphatic carbocycles. The fraction of sp³-hybridized carbons (Fsp3) is 0.321. The minimum Gasteiger partial charge on any atom is -0.444 e. The summed E-state index contributed by atoms with van der Waals surface area (Å²) in [7, 11) is 3.44. The van der Waals surface area contributed by atoms with E-state index in [0.717, 1.165) is 22.9 Å². The molecule has 2 atom stereocenters. The standard InChI is InChI=1S/C28H30F2N6O3/c1-18-26(20-14-31-34(2)15-20)33-36(21-7-5-4-6-8-21)27(18)32-28(37)39-25-17-35(11-12-38-3)16-22(25)19-9-10-23(29)24(30)13-19/h4-10,13-15,22,25H,11-12,16-17H2,1-3H3,(H,32,37)/t22?,25-/m1/s1. The second kappa shape index (κ2) is 11.3. The summed E-state index contributed by atoms with van der Waals surface area (Å²) in [5.74, 6) is -1.73. The smallest absolute Gasteiger partial charge is 0.413 e. The van der Waals surface area contributed by atoms with Crippen molar-refractivity contribution in [1.82, 2.24) is 24.5 Å². The molecule has 0 spiro atoms. The third-order valence-corrected chi connectivity index (χ3v) is 6.91. The van der Waals surface area contributed by atoms with Crippen molar-refractivity contribution in [2.75, 3.05) is 38.7 Å². The largest absolute Gasteiger partial charge is 0.444 e. The van der Waals surface area contributed by atoms with E-state index >= 15 is 0 Å². The molecule has 9 nitrogen and oxygen atoms in total. The maximum atomic E-state index is 14.1. The number of nitrogens with one attached hydrogen (secondary N) is 1. The molecule has 3 heterocycles. The lowest BCUT2D eigenvalue weighted by atomic mass is 9.96.